The van der Waals surface area contributed by atoms with E-state index < -0.39 is 33.6 Å². The van der Waals surface area contributed by atoms with E-state index in [2.05, 4.69) is 0 Å². The molecule has 0 heterocycles. The van der Waals surface area contributed by atoms with Crippen molar-refractivity contribution in [3.8, 4) is 5.75 Å². The molecule has 0 N–H and O–H groups in total. The fourth-order valence-electron chi connectivity index (χ4n) is 2.47. The molecule has 0 radical (unpaired) electrons. The zero-order valence-electron chi connectivity index (χ0n) is 13.9. The highest BCUT2D eigenvalue weighted by Crippen LogP contribution is 2.24. The van der Waals surface area contributed by atoms with E-state index in [9.17, 15) is 23.7 Å². The molecule has 0 aliphatic carbocycles. The van der Waals surface area contributed by atoms with Crippen LogP contribution in [0.15, 0.2) is 66.7 Å². The van der Waals surface area contributed by atoms with Crippen molar-refractivity contribution >= 4 is 11.5 Å². The van der Waals surface area contributed by atoms with Crippen LogP contribution in [0.3, 0.4) is 0 Å². The van der Waals surface area contributed by atoms with Crippen LogP contribution in [-0.4, -0.2) is 10.7 Å². The van der Waals surface area contributed by atoms with Crippen molar-refractivity contribution in [2.45, 2.75) is 6.61 Å². The molecule has 0 saturated carbocycles. The van der Waals surface area contributed by atoms with Gasteiger partial charge in [-0.2, -0.15) is 4.39 Å². The minimum Gasteiger partial charge on any atom is -0.489 e. The van der Waals surface area contributed by atoms with E-state index in [1.54, 1.807) is 12.1 Å². The van der Waals surface area contributed by atoms with Gasteiger partial charge >= 0.3 is 5.69 Å². The van der Waals surface area contributed by atoms with Crippen LogP contribution < -0.4 is 4.74 Å². The highest BCUT2D eigenvalue weighted by molar-refractivity contribution is 6.09. The van der Waals surface area contributed by atoms with Gasteiger partial charge in [0.15, 0.2) is 5.78 Å². The number of hydrogen-bond acceptors (Lipinski definition) is 4. The first-order valence-electron chi connectivity index (χ1n) is 7.90. The van der Waals surface area contributed by atoms with E-state index >= 15 is 0 Å². The van der Waals surface area contributed by atoms with Gasteiger partial charge in [-0.25, -0.2) is 4.39 Å². The predicted octanol–water partition coefficient (Wildman–Crippen LogP) is 4.68. The van der Waals surface area contributed by atoms with E-state index in [1.165, 1.54) is 12.1 Å². The molecular weight excluding hydrogens is 356 g/mol. The summed E-state index contributed by atoms with van der Waals surface area (Å²) in [5.41, 5.74) is -0.604. The first kappa shape index (κ1) is 18.2. The Morgan fingerprint density at radius 3 is 2.41 bits per heavy atom. The van der Waals surface area contributed by atoms with Crippen molar-refractivity contribution in [1.29, 1.82) is 0 Å². The van der Waals surface area contributed by atoms with Gasteiger partial charge in [0.2, 0.25) is 5.82 Å². The van der Waals surface area contributed by atoms with E-state index in [4.69, 9.17) is 4.74 Å². The number of nitro benzene ring substituents is 1. The predicted molar refractivity (Wildman–Crippen MR) is 93.7 cm³/mol. The zero-order chi connectivity index (χ0) is 19.4. The maximum Gasteiger partial charge on any atom is 0.307 e. The molecule has 3 rings (SSSR count). The topological polar surface area (TPSA) is 69.4 Å². The molecule has 0 fully saturated rings. The van der Waals surface area contributed by atoms with Crippen LogP contribution in [-0.2, 0) is 6.61 Å². The number of rotatable bonds is 6. The number of ketones is 1. The Labute approximate surface area is 153 Å². The Morgan fingerprint density at radius 1 is 0.963 bits per heavy atom. The molecule has 0 unspecified atom stereocenters. The van der Waals surface area contributed by atoms with Gasteiger partial charge in [-0.15, -0.1) is 0 Å². The van der Waals surface area contributed by atoms with Crippen molar-refractivity contribution < 1.29 is 23.2 Å². The van der Waals surface area contributed by atoms with Gasteiger partial charge < -0.3 is 4.74 Å². The molecule has 5 nitrogen and oxygen atoms in total. The lowest BCUT2D eigenvalue weighted by molar-refractivity contribution is -0.387. The van der Waals surface area contributed by atoms with E-state index in [-0.39, 0.29) is 12.2 Å². The van der Waals surface area contributed by atoms with Gasteiger partial charge in [0.1, 0.15) is 18.2 Å². The average Bonchev–Trinajstić information content (AvgIpc) is 2.68. The zero-order valence-corrected chi connectivity index (χ0v) is 13.9. The standard InChI is InChI=1S/C20H13F2NO4/c21-17-11-19(23(25)26)18(22)10-16(17)20(24)14-7-4-8-15(9-14)27-12-13-5-2-1-3-6-13/h1-11H,12H2. The summed E-state index contributed by atoms with van der Waals surface area (Å²) in [6.07, 6.45) is 0. The molecule has 0 saturated heterocycles. The number of carbonyl (C=O) groups excluding carboxylic acids is 1. The second-order valence-corrected chi connectivity index (χ2v) is 5.67. The summed E-state index contributed by atoms with van der Waals surface area (Å²) in [6.45, 7) is 0.277. The van der Waals surface area contributed by atoms with Crippen molar-refractivity contribution in [3.05, 3.63) is 105 Å². The Balaban J connectivity index is 1.83. The summed E-state index contributed by atoms with van der Waals surface area (Å²) < 4.78 is 33.4. The summed E-state index contributed by atoms with van der Waals surface area (Å²) >= 11 is 0. The lowest BCUT2D eigenvalue weighted by Gasteiger charge is -2.08. The van der Waals surface area contributed by atoms with E-state index in [0.29, 0.717) is 17.9 Å². The Bertz CT molecular complexity index is 1010. The minimum atomic E-state index is -1.28. The first-order valence-corrected chi connectivity index (χ1v) is 7.90. The monoisotopic (exact) mass is 369 g/mol. The number of nitrogens with zero attached hydrogens (tertiary/aromatic N) is 1. The number of benzene rings is 3. The van der Waals surface area contributed by atoms with Gasteiger partial charge in [0, 0.05) is 5.56 Å². The molecular formula is C20H13F2NO4. The lowest BCUT2D eigenvalue weighted by atomic mass is 10.0. The summed E-state index contributed by atoms with van der Waals surface area (Å²) in [5, 5.41) is 10.7. The summed E-state index contributed by atoms with van der Waals surface area (Å²) in [6, 6.07) is 16.3. The molecule has 0 aliphatic heterocycles. The highest BCUT2D eigenvalue weighted by Gasteiger charge is 2.23. The average molecular weight is 369 g/mol. The van der Waals surface area contributed by atoms with Crippen LogP contribution in [0, 0.1) is 21.7 Å². The van der Waals surface area contributed by atoms with E-state index in [1.807, 2.05) is 30.3 Å². The quantitative estimate of drug-likeness (QED) is 0.359. The molecule has 0 aliphatic rings. The largest absolute Gasteiger partial charge is 0.489 e. The van der Waals surface area contributed by atoms with Crippen molar-refractivity contribution in [1.82, 2.24) is 0 Å². The van der Waals surface area contributed by atoms with Gasteiger partial charge in [-0.05, 0) is 23.8 Å². The van der Waals surface area contributed by atoms with Gasteiger partial charge in [-0.3, -0.25) is 14.9 Å². The third kappa shape index (κ3) is 4.14. The minimum absolute atomic E-state index is 0.0766. The molecule has 136 valence electrons. The SMILES string of the molecule is O=C(c1cccc(OCc2ccccc2)c1)c1cc(F)c([N+](=O)[O-])cc1F. The lowest BCUT2D eigenvalue weighted by Crippen LogP contribution is -2.07. The summed E-state index contributed by atoms with van der Waals surface area (Å²) in [5.74, 6) is -2.86. The summed E-state index contributed by atoms with van der Waals surface area (Å²) in [4.78, 5) is 22.1. The first-order chi connectivity index (χ1) is 13.0. The van der Waals surface area contributed by atoms with E-state index in [0.717, 1.165) is 5.56 Å². The third-order valence-corrected chi connectivity index (χ3v) is 3.82. The molecule has 27 heavy (non-hydrogen) atoms. The van der Waals surface area contributed by atoms with Crippen LogP contribution in [0.4, 0.5) is 14.5 Å². The van der Waals surface area contributed by atoms with Crippen molar-refractivity contribution in [2.24, 2.45) is 0 Å². The molecule has 7 heteroatoms. The molecule has 0 spiro atoms. The number of hydrogen-bond donors (Lipinski definition) is 0. The highest BCUT2D eigenvalue weighted by atomic mass is 19.1. The fraction of sp³-hybridized carbons (Fsp3) is 0.0500. The fourth-order valence-corrected chi connectivity index (χ4v) is 2.47. The second kappa shape index (κ2) is 7.74. The van der Waals surface area contributed by atoms with Crippen LogP contribution in [0.25, 0.3) is 0 Å². The van der Waals surface area contributed by atoms with Crippen LogP contribution in [0.5, 0.6) is 5.75 Å². The molecule has 0 aromatic heterocycles. The number of ether oxygens (including phenoxy) is 1. The van der Waals surface area contributed by atoms with Crippen LogP contribution >= 0.6 is 0 Å². The van der Waals surface area contributed by atoms with Gasteiger partial charge in [-0.1, -0.05) is 42.5 Å². The number of halogens is 2. The third-order valence-electron chi connectivity index (χ3n) is 3.82. The maximum atomic E-state index is 14.1. The summed E-state index contributed by atoms with van der Waals surface area (Å²) in [7, 11) is 0. The molecule has 0 atom stereocenters. The molecule has 0 bridgehead atoms. The Morgan fingerprint density at radius 2 is 1.70 bits per heavy atom. The number of carbonyl (C=O) groups is 1. The Hall–Kier alpha value is -3.61. The number of nitro groups is 1. The van der Waals surface area contributed by atoms with Crippen LogP contribution in [0.2, 0.25) is 0 Å². The second-order valence-electron chi connectivity index (χ2n) is 5.67. The maximum absolute atomic E-state index is 14.1. The smallest absolute Gasteiger partial charge is 0.307 e. The van der Waals surface area contributed by atoms with Gasteiger partial charge in [0.25, 0.3) is 0 Å². The van der Waals surface area contributed by atoms with Crippen LogP contribution in [0.1, 0.15) is 21.5 Å². The molecule has 0 amide bonds. The molecule has 3 aromatic rings. The molecule has 3 aromatic carbocycles. The Kier molecular flexibility index (Phi) is 5.21. The normalized spacial score (nSPS) is 10.4. The van der Waals surface area contributed by atoms with Crippen molar-refractivity contribution in [2.75, 3.05) is 0 Å². The van der Waals surface area contributed by atoms with Gasteiger partial charge in [0.05, 0.1) is 16.6 Å². The van der Waals surface area contributed by atoms with Crippen molar-refractivity contribution in [3.63, 3.8) is 0 Å².